The van der Waals surface area contributed by atoms with Crippen LogP contribution in [0.5, 0.6) is 11.5 Å². The van der Waals surface area contributed by atoms with E-state index in [2.05, 4.69) is 15.6 Å². The number of pyridine rings is 1. The van der Waals surface area contributed by atoms with Gasteiger partial charge in [-0.25, -0.2) is 0 Å². The van der Waals surface area contributed by atoms with E-state index < -0.39 is 0 Å². The molecule has 2 rings (SSSR count). The summed E-state index contributed by atoms with van der Waals surface area (Å²) in [6, 6.07) is 8.79. The lowest BCUT2D eigenvalue weighted by atomic mass is 10.1. The third-order valence-electron chi connectivity index (χ3n) is 4.19. The van der Waals surface area contributed by atoms with Crippen LogP contribution >= 0.6 is 0 Å². The summed E-state index contributed by atoms with van der Waals surface area (Å²) in [6.45, 7) is 2.63. The molecule has 0 spiro atoms. The van der Waals surface area contributed by atoms with Crippen molar-refractivity contribution in [3.8, 4) is 11.5 Å². The molecule has 2 amide bonds. The van der Waals surface area contributed by atoms with Gasteiger partial charge in [0.05, 0.1) is 5.69 Å². The van der Waals surface area contributed by atoms with E-state index in [1.807, 2.05) is 25.1 Å². The molecule has 1 aromatic heterocycles. The van der Waals surface area contributed by atoms with Crippen molar-refractivity contribution in [3.05, 3.63) is 47.8 Å². The molecule has 0 unspecified atom stereocenters. The highest BCUT2D eigenvalue weighted by Crippen LogP contribution is 2.31. The van der Waals surface area contributed by atoms with Crippen LogP contribution in [0.2, 0.25) is 0 Å². The molecule has 7 heteroatoms. The Labute approximate surface area is 165 Å². The molecule has 0 fully saturated rings. The lowest BCUT2D eigenvalue weighted by molar-refractivity contribution is -0.116. The van der Waals surface area contributed by atoms with Gasteiger partial charge in [-0.3, -0.25) is 14.6 Å². The van der Waals surface area contributed by atoms with Crippen LogP contribution in [-0.2, 0) is 4.79 Å². The highest BCUT2D eigenvalue weighted by molar-refractivity contribution is 5.93. The van der Waals surface area contributed by atoms with Crippen molar-refractivity contribution < 1.29 is 14.3 Å². The van der Waals surface area contributed by atoms with Crippen LogP contribution in [0.4, 0.5) is 5.69 Å². The number of unbranched alkanes of at least 4 members (excludes halogenated alkanes) is 3. The number of aryl methyl sites for hydroxylation is 1. The summed E-state index contributed by atoms with van der Waals surface area (Å²) < 4.78 is 5.94. The number of carbonyl (C=O) groups is 2. The molecule has 0 atom stereocenters. The van der Waals surface area contributed by atoms with E-state index in [1.54, 1.807) is 19.2 Å². The number of carbonyl (C=O) groups excluding carboxylic acids is 2. The molecule has 28 heavy (non-hydrogen) atoms. The van der Waals surface area contributed by atoms with Gasteiger partial charge in [0, 0.05) is 25.7 Å². The van der Waals surface area contributed by atoms with Crippen molar-refractivity contribution in [2.75, 3.05) is 18.9 Å². The smallest absolute Gasteiger partial charge is 0.269 e. The molecular weight excluding hydrogens is 356 g/mol. The molecule has 1 aromatic carbocycles. The first-order chi connectivity index (χ1) is 13.5. The van der Waals surface area contributed by atoms with Crippen molar-refractivity contribution >= 4 is 17.5 Å². The molecule has 0 bridgehead atoms. The Hall–Kier alpha value is -2.93. The minimum Gasteiger partial charge on any atom is -0.455 e. The van der Waals surface area contributed by atoms with Crippen molar-refractivity contribution in [3.63, 3.8) is 0 Å². The fourth-order valence-electron chi connectivity index (χ4n) is 2.67. The quantitative estimate of drug-likeness (QED) is 0.544. The topological polar surface area (TPSA) is 106 Å². The van der Waals surface area contributed by atoms with Crippen molar-refractivity contribution in [2.24, 2.45) is 5.73 Å². The Balaban J connectivity index is 2.06. The number of hydrogen-bond acceptors (Lipinski definition) is 5. The first-order valence-electron chi connectivity index (χ1n) is 9.50. The first-order valence-corrected chi connectivity index (χ1v) is 9.50. The van der Waals surface area contributed by atoms with Gasteiger partial charge in [0.2, 0.25) is 5.91 Å². The van der Waals surface area contributed by atoms with E-state index in [0.717, 1.165) is 31.2 Å². The predicted molar refractivity (Wildman–Crippen MR) is 110 cm³/mol. The molecule has 0 aliphatic carbocycles. The van der Waals surface area contributed by atoms with Crippen molar-refractivity contribution in [2.45, 2.75) is 39.0 Å². The fraction of sp³-hybridized carbons (Fsp3) is 0.381. The minimum absolute atomic E-state index is 0.0535. The average molecular weight is 384 g/mol. The summed E-state index contributed by atoms with van der Waals surface area (Å²) >= 11 is 0. The zero-order valence-corrected chi connectivity index (χ0v) is 16.5. The van der Waals surface area contributed by atoms with Gasteiger partial charge in [-0.1, -0.05) is 18.9 Å². The normalized spacial score (nSPS) is 10.4. The van der Waals surface area contributed by atoms with E-state index >= 15 is 0 Å². The standard InChI is InChI=1S/C21H28N4O3/c1-15-8-9-17(25-20(26)7-5-3-4-6-11-22)19(13-15)28-16-10-12-24-18(14-16)21(27)23-2/h8-10,12-14H,3-7,11,22H2,1-2H3,(H,23,27)(H,25,26). The number of hydrogen-bond donors (Lipinski definition) is 3. The van der Waals surface area contributed by atoms with Crippen LogP contribution in [0.25, 0.3) is 0 Å². The molecule has 0 aliphatic rings. The summed E-state index contributed by atoms with van der Waals surface area (Å²) in [6.07, 6.45) is 5.80. The van der Waals surface area contributed by atoms with Crippen molar-refractivity contribution in [1.82, 2.24) is 10.3 Å². The fourth-order valence-corrected chi connectivity index (χ4v) is 2.67. The SMILES string of the molecule is CNC(=O)c1cc(Oc2cc(C)ccc2NC(=O)CCCCCCN)ccn1. The third kappa shape index (κ3) is 6.66. The maximum absolute atomic E-state index is 12.3. The second-order valence-corrected chi connectivity index (χ2v) is 6.56. The number of benzene rings is 1. The van der Waals surface area contributed by atoms with E-state index in [0.29, 0.717) is 30.2 Å². The van der Waals surface area contributed by atoms with Gasteiger partial charge in [-0.15, -0.1) is 0 Å². The molecule has 1 heterocycles. The Morgan fingerprint density at radius 1 is 1.11 bits per heavy atom. The molecular formula is C21H28N4O3. The van der Waals surface area contributed by atoms with Gasteiger partial charge < -0.3 is 21.1 Å². The first kappa shape index (κ1) is 21.4. The summed E-state index contributed by atoms with van der Waals surface area (Å²) in [5, 5.41) is 5.44. The van der Waals surface area contributed by atoms with Crippen molar-refractivity contribution in [1.29, 1.82) is 0 Å². The van der Waals surface area contributed by atoms with E-state index in [4.69, 9.17) is 10.5 Å². The van der Waals surface area contributed by atoms with Gasteiger partial charge in [-0.2, -0.15) is 0 Å². The number of nitrogens with zero attached hydrogens (tertiary/aromatic N) is 1. The Morgan fingerprint density at radius 3 is 2.64 bits per heavy atom. The van der Waals surface area contributed by atoms with Crippen LogP contribution < -0.4 is 21.1 Å². The summed E-state index contributed by atoms with van der Waals surface area (Å²) in [5.74, 6) is 0.641. The monoisotopic (exact) mass is 384 g/mol. The highest BCUT2D eigenvalue weighted by atomic mass is 16.5. The number of anilines is 1. The number of aromatic nitrogens is 1. The molecule has 4 N–H and O–H groups in total. The predicted octanol–water partition coefficient (Wildman–Crippen LogP) is 3.39. The van der Waals surface area contributed by atoms with Crippen LogP contribution in [-0.4, -0.2) is 30.4 Å². The summed E-state index contributed by atoms with van der Waals surface area (Å²) in [7, 11) is 1.54. The van der Waals surface area contributed by atoms with Crippen LogP contribution in [0, 0.1) is 6.92 Å². The number of nitrogens with one attached hydrogen (secondary N) is 2. The zero-order valence-electron chi connectivity index (χ0n) is 16.5. The molecule has 7 nitrogen and oxygen atoms in total. The lowest BCUT2D eigenvalue weighted by Gasteiger charge is -2.13. The summed E-state index contributed by atoms with van der Waals surface area (Å²) in [4.78, 5) is 28.0. The maximum atomic E-state index is 12.3. The van der Waals surface area contributed by atoms with E-state index in [9.17, 15) is 9.59 Å². The van der Waals surface area contributed by atoms with Gasteiger partial charge in [0.1, 0.15) is 11.4 Å². The third-order valence-corrected chi connectivity index (χ3v) is 4.19. The van der Waals surface area contributed by atoms with Crippen LogP contribution in [0.1, 0.15) is 48.2 Å². The lowest BCUT2D eigenvalue weighted by Crippen LogP contribution is -2.19. The van der Waals surface area contributed by atoms with Gasteiger partial charge in [0.15, 0.2) is 5.75 Å². The number of rotatable bonds is 10. The maximum Gasteiger partial charge on any atom is 0.269 e. The summed E-state index contributed by atoms with van der Waals surface area (Å²) in [5.41, 5.74) is 7.33. The minimum atomic E-state index is -0.294. The highest BCUT2D eigenvalue weighted by Gasteiger charge is 2.11. The molecule has 0 saturated carbocycles. The Bertz CT molecular complexity index is 808. The van der Waals surface area contributed by atoms with Crippen LogP contribution in [0.15, 0.2) is 36.5 Å². The number of amides is 2. The molecule has 0 aliphatic heterocycles. The molecule has 0 radical (unpaired) electrons. The second kappa shape index (κ2) is 11.0. The molecule has 2 aromatic rings. The second-order valence-electron chi connectivity index (χ2n) is 6.56. The zero-order chi connectivity index (χ0) is 20.4. The Morgan fingerprint density at radius 2 is 1.89 bits per heavy atom. The molecule has 150 valence electrons. The van der Waals surface area contributed by atoms with Crippen LogP contribution in [0.3, 0.4) is 0 Å². The van der Waals surface area contributed by atoms with Gasteiger partial charge in [-0.05, 0) is 50.1 Å². The largest absolute Gasteiger partial charge is 0.455 e. The Kier molecular flexibility index (Phi) is 8.42. The van der Waals surface area contributed by atoms with Gasteiger partial charge in [0.25, 0.3) is 5.91 Å². The van der Waals surface area contributed by atoms with E-state index in [-0.39, 0.29) is 17.5 Å². The number of ether oxygens (including phenoxy) is 1. The van der Waals surface area contributed by atoms with Gasteiger partial charge >= 0.3 is 0 Å². The van der Waals surface area contributed by atoms with E-state index in [1.165, 1.54) is 6.20 Å². The molecule has 0 saturated heterocycles. The number of nitrogens with two attached hydrogens (primary N) is 1. The average Bonchev–Trinajstić information content (AvgIpc) is 2.69.